The van der Waals surface area contributed by atoms with Gasteiger partial charge in [0.25, 0.3) is 0 Å². The Morgan fingerprint density at radius 2 is 0.750 bits per heavy atom. The van der Waals surface area contributed by atoms with Gasteiger partial charge in [0.05, 0.1) is 22.1 Å². The summed E-state index contributed by atoms with van der Waals surface area (Å²) < 4.78 is 4.84. The second kappa shape index (κ2) is 12.0. The van der Waals surface area contributed by atoms with Crippen molar-refractivity contribution in [1.29, 1.82) is 0 Å². The molecule has 2 aromatic heterocycles. The van der Waals surface area contributed by atoms with Gasteiger partial charge in [-0.3, -0.25) is 0 Å². The van der Waals surface area contributed by atoms with Gasteiger partial charge in [0, 0.05) is 32.9 Å². The largest absolute Gasteiger partial charge is 0.309 e. The molecule has 0 bridgehead atoms. The lowest BCUT2D eigenvalue weighted by Gasteiger charge is -2.13. The van der Waals surface area contributed by atoms with Crippen LogP contribution in [0.25, 0.3) is 110 Å². The lowest BCUT2D eigenvalue weighted by molar-refractivity contribution is 1.18. The van der Waals surface area contributed by atoms with Gasteiger partial charge in [0.1, 0.15) is 0 Å². The zero-order valence-electron chi connectivity index (χ0n) is 30.5. The van der Waals surface area contributed by atoms with Crippen LogP contribution < -0.4 is 0 Å². The van der Waals surface area contributed by atoms with E-state index in [-0.39, 0.29) is 0 Å². The first kappa shape index (κ1) is 31.0. The minimum atomic E-state index is 1.15. The maximum Gasteiger partial charge on any atom is 0.0547 e. The zero-order valence-corrected chi connectivity index (χ0v) is 30.5. The van der Waals surface area contributed by atoms with Crippen molar-refractivity contribution in [2.45, 2.75) is 0 Å². The van der Waals surface area contributed by atoms with Crippen molar-refractivity contribution in [3.8, 4) is 33.6 Å². The highest BCUT2D eigenvalue weighted by Crippen LogP contribution is 2.40. The molecule has 260 valence electrons. The summed E-state index contributed by atoms with van der Waals surface area (Å²) >= 11 is 0. The monoisotopic (exact) mass is 710 g/mol. The summed E-state index contributed by atoms with van der Waals surface area (Å²) in [5.41, 5.74) is 12.0. The van der Waals surface area contributed by atoms with E-state index in [1.54, 1.807) is 0 Å². The van der Waals surface area contributed by atoms with Crippen molar-refractivity contribution in [3.05, 3.63) is 206 Å². The van der Waals surface area contributed by atoms with Crippen LogP contribution in [0.15, 0.2) is 206 Å². The van der Waals surface area contributed by atoms with E-state index in [9.17, 15) is 0 Å². The van der Waals surface area contributed by atoms with Crippen LogP contribution in [0.1, 0.15) is 0 Å². The van der Waals surface area contributed by atoms with Crippen LogP contribution in [0.3, 0.4) is 0 Å². The van der Waals surface area contributed by atoms with Crippen LogP contribution in [0.4, 0.5) is 0 Å². The molecule has 0 radical (unpaired) electrons. The van der Waals surface area contributed by atoms with Crippen molar-refractivity contribution < 1.29 is 0 Å². The topological polar surface area (TPSA) is 9.86 Å². The highest BCUT2D eigenvalue weighted by Gasteiger charge is 2.17. The minimum absolute atomic E-state index is 1.15. The summed E-state index contributed by atoms with van der Waals surface area (Å²) in [7, 11) is 0. The molecule has 0 unspecified atom stereocenters. The maximum atomic E-state index is 2.43. The van der Waals surface area contributed by atoms with E-state index in [1.165, 1.54) is 104 Å². The van der Waals surface area contributed by atoms with E-state index in [2.05, 4.69) is 215 Å². The van der Waals surface area contributed by atoms with Gasteiger partial charge in [-0.05, 0) is 115 Å². The van der Waals surface area contributed by atoms with Gasteiger partial charge in [0.2, 0.25) is 0 Å². The molecule has 0 aliphatic carbocycles. The summed E-state index contributed by atoms with van der Waals surface area (Å²) in [6.45, 7) is 0. The summed E-state index contributed by atoms with van der Waals surface area (Å²) in [5.74, 6) is 0. The van der Waals surface area contributed by atoms with Gasteiger partial charge in [0.15, 0.2) is 0 Å². The van der Waals surface area contributed by atoms with E-state index >= 15 is 0 Å². The second-order valence-corrected chi connectivity index (χ2v) is 14.9. The molecule has 0 spiro atoms. The number of benzene rings is 10. The van der Waals surface area contributed by atoms with E-state index in [0.717, 1.165) is 5.69 Å². The summed E-state index contributed by atoms with van der Waals surface area (Å²) in [6.07, 6.45) is 0. The van der Waals surface area contributed by atoms with Gasteiger partial charge in [-0.25, -0.2) is 0 Å². The number of rotatable bonds is 4. The van der Waals surface area contributed by atoms with Crippen LogP contribution in [0.5, 0.6) is 0 Å². The molecule has 12 rings (SSSR count). The number of fused-ring (bicyclic) bond motifs is 10. The molecule has 0 saturated heterocycles. The average molecular weight is 711 g/mol. The molecule has 12 aromatic rings. The van der Waals surface area contributed by atoms with Crippen molar-refractivity contribution in [3.63, 3.8) is 0 Å². The minimum Gasteiger partial charge on any atom is -0.309 e. The van der Waals surface area contributed by atoms with Gasteiger partial charge in [-0.15, -0.1) is 0 Å². The molecule has 0 fully saturated rings. The van der Waals surface area contributed by atoms with Crippen molar-refractivity contribution >= 4 is 75.9 Å². The first-order chi connectivity index (χ1) is 27.8. The van der Waals surface area contributed by atoms with E-state index in [4.69, 9.17) is 0 Å². The van der Waals surface area contributed by atoms with Crippen LogP contribution >= 0.6 is 0 Å². The molecule has 2 heteroatoms. The molecule has 0 aliphatic heterocycles. The predicted molar refractivity (Wildman–Crippen MR) is 239 cm³/mol. The molecular formula is C54H34N2. The van der Waals surface area contributed by atoms with E-state index in [0.29, 0.717) is 0 Å². The number of para-hydroxylation sites is 2. The fourth-order valence-electron chi connectivity index (χ4n) is 9.26. The molecule has 0 atom stereocenters. The Bertz CT molecular complexity index is 3530. The molecule has 10 aromatic carbocycles. The molecule has 2 heterocycles. The third-order valence-electron chi connectivity index (χ3n) is 11.9. The molecule has 0 aliphatic rings. The summed E-state index contributed by atoms with van der Waals surface area (Å²) in [6, 6.07) is 75.8. The van der Waals surface area contributed by atoms with Crippen LogP contribution in [0, 0.1) is 0 Å². The SMILES string of the molecule is c1ccc2cc(-n3c4ccccc4c4cc(-c5ccc6c7ccccc7n(-c7ccc(-c8cc9ccccc9c9ccccc89)cc7)c6c5)ccc43)ccc2c1. The molecule has 2 nitrogen and oxygen atoms in total. The molecule has 0 N–H and O–H groups in total. The smallest absolute Gasteiger partial charge is 0.0547 e. The first-order valence-electron chi connectivity index (χ1n) is 19.3. The Balaban J connectivity index is 1.00. The maximum absolute atomic E-state index is 2.43. The standard InChI is InChI=1S/C54H34N2/c1-2-12-37-31-42(28-21-35(37)11-1)56-52-20-10-8-18-47(52)50-32-38(25-30-53(50)56)39-24-29-48-46-17-7-9-19-51(46)55(54(48)34-39)41-26-22-36(23-27-41)49-33-40-13-3-4-14-43(40)44-15-5-6-16-45(44)49/h1-34H. The fraction of sp³-hybridized carbons (Fsp3) is 0. The van der Waals surface area contributed by atoms with Crippen molar-refractivity contribution in [1.82, 2.24) is 9.13 Å². The predicted octanol–water partition coefficient (Wildman–Crippen LogP) is 14.7. The zero-order chi connectivity index (χ0) is 36.7. The quantitative estimate of drug-likeness (QED) is 0.161. The Hall–Kier alpha value is -7.42. The number of hydrogen-bond acceptors (Lipinski definition) is 0. The Morgan fingerprint density at radius 3 is 1.54 bits per heavy atom. The Morgan fingerprint density at radius 1 is 0.232 bits per heavy atom. The van der Waals surface area contributed by atoms with Gasteiger partial charge in [-0.1, -0.05) is 146 Å². The van der Waals surface area contributed by atoms with Gasteiger partial charge in [-0.2, -0.15) is 0 Å². The lowest BCUT2D eigenvalue weighted by atomic mass is 9.93. The summed E-state index contributed by atoms with van der Waals surface area (Å²) in [4.78, 5) is 0. The third-order valence-corrected chi connectivity index (χ3v) is 11.9. The number of aromatic nitrogens is 2. The Kier molecular flexibility index (Phi) is 6.66. The van der Waals surface area contributed by atoms with Gasteiger partial charge < -0.3 is 9.13 Å². The van der Waals surface area contributed by atoms with Crippen molar-refractivity contribution in [2.75, 3.05) is 0 Å². The van der Waals surface area contributed by atoms with Crippen LogP contribution in [-0.2, 0) is 0 Å². The lowest BCUT2D eigenvalue weighted by Crippen LogP contribution is -1.94. The second-order valence-electron chi connectivity index (χ2n) is 14.9. The normalized spacial score (nSPS) is 11.9. The number of hydrogen-bond donors (Lipinski definition) is 0. The third kappa shape index (κ3) is 4.63. The van der Waals surface area contributed by atoms with Crippen LogP contribution in [-0.4, -0.2) is 9.13 Å². The molecule has 0 saturated carbocycles. The van der Waals surface area contributed by atoms with E-state index < -0.39 is 0 Å². The molecular weight excluding hydrogens is 677 g/mol. The van der Waals surface area contributed by atoms with Gasteiger partial charge >= 0.3 is 0 Å². The number of nitrogens with zero attached hydrogens (tertiary/aromatic N) is 2. The fourth-order valence-corrected chi connectivity index (χ4v) is 9.26. The molecule has 56 heavy (non-hydrogen) atoms. The van der Waals surface area contributed by atoms with Crippen LogP contribution in [0.2, 0.25) is 0 Å². The molecule has 0 amide bonds. The highest BCUT2D eigenvalue weighted by molar-refractivity contribution is 6.15. The summed E-state index contributed by atoms with van der Waals surface area (Å²) in [5, 5.41) is 12.6. The van der Waals surface area contributed by atoms with Crippen molar-refractivity contribution in [2.24, 2.45) is 0 Å². The Labute approximate surface area is 323 Å². The average Bonchev–Trinajstić information content (AvgIpc) is 3.78. The highest BCUT2D eigenvalue weighted by atomic mass is 15.0. The van der Waals surface area contributed by atoms with E-state index in [1.807, 2.05) is 0 Å². The first-order valence-corrected chi connectivity index (χ1v) is 19.3.